The van der Waals surface area contributed by atoms with Crippen molar-refractivity contribution in [1.82, 2.24) is 0 Å². The van der Waals surface area contributed by atoms with Crippen molar-refractivity contribution in [2.24, 2.45) is 0 Å². The van der Waals surface area contributed by atoms with Gasteiger partial charge in [-0.3, -0.25) is 0 Å². The summed E-state index contributed by atoms with van der Waals surface area (Å²) in [6.45, 7) is 0. The fourth-order valence-corrected chi connectivity index (χ4v) is 0.107. The van der Waals surface area contributed by atoms with E-state index in [1.165, 1.54) is 11.8 Å². The maximum absolute atomic E-state index is 9.47. The third-order valence-electron chi connectivity index (χ3n) is 0.276. The Balaban J connectivity index is -0.000000245. The van der Waals surface area contributed by atoms with Gasteiger partial charge in [0.2, 0.25) is 0 Å². The first-order valence-electron chi connectivity index (χ1n) is 1.61. The minimum absolute atomic E-state index is 0. The molecule has 5 heteroatoms. The molecule has 0 aromatic rings. The zero-order valence-corrected chi connectivity index (χ0v) is 4.71. The Labute approximate surface area is 64.5 Å². The number of carboxylic acid groups (broad SMARTS) is 2. The smallest absolute Gasteiger partial charge is 1.00 e. The molecule has 4 nitrogen and oxygen atoms in total. The predicted octanol–water partition coefficient (Wildman–Crippen LogP) is -3.72. The van der Waals surface area contributed by atoms with Gasteiger partial charge in [-0.1, -0.05) is 0 Å². The van der Waals surface area contributed by atoms with Gasteiger partial charge in [0, 0.05) is 11.8 Å². The topological polar surface area (TPSA) is 74.6 Å². The molecule has 9 heavy (non-hydrogen) atoms. The van der Waals surface area contributed by atoms with Crippen LogP contribution < -0.4 is 18.9 Å². The number of hydrogen-bond acceptors (Lipinski definition) is 2. The molecule has 0 saturated heterocycles. The van der Waals surface area contributed by atoms with Crippen LogP contribution in [-0.4, -0.2) is 22.2 Å². The van der Waals surface area contributed by atoms with E-state index in [-0.39, 0.29) is 20.3 Å². The maximum atomic E-state index is 9.47. The van der Waals surface area contributed by atoms with E-state index in [1.807, 2.05) is 0 Å². The molecule has 0 aromatic carbocycles. The van der Waals surface area contributed by atoms with Crippen molar-refractivity contribution in [2.75, 3.05) is 0 Å². The van der Waals surface area contributed by atoms with Crippen molar-refractivity contribution in [1.29, 1.82) is 0 Å². The Morgan fingerprint density at radius 2 is 1.33 bits per heavy atom. The first-order valence-corrected chi connectivity index (χ1v) is 1.61. The summed E-state index contributed by atoms with van der Waals surface area (Å²) < 4.78 is 0. The number of rotatable bonds is 0. The Morgan fingerprint density at radius 1 is 1.11 bits per heavy atom. The molecular formula is C4H3LiO4. The fourth-order valence-electron chi connectivity index (χ4n) is 0.107. The van der Waals surface area contributed by atoms with Crippen LogP contribution in [0.4, 0.5) is 0 Å². The Bertz CT molecular complexity index is 161. The van der Waals surface area contributed by atoms with Crippen LogP contribution in [0.5, 0.6) is 0 Å². The van der Waals surface area contributed by atoms with E-state index in [9.17, 15) is 9.59 Å². The van der Waals surface area contributed by atoms with E-state index < -0.39 is 11.9 Å². The minimum atomic E-state index is -1.44. The van der Waals surface area contributed by atoms with Crippen LogP contribution in [0.3, 0.4) is 0 Å². The molecule has 0 aliphatic carbocycles. The normalized spacial score (nSPS) is 5.78. The zero-order valence-electron chi connectivity index (χ0n) is 5.71. The molecule has 0 amide bonds. The predicted molar refractivity (Wildman–Crippen MR) is 24.2 cm³/mol. The Morgan fingerprint density at radius 3 is 1.44 bits per heavy atom. The largest absolute Gasteiger partial charge is 1.00 e. The van der Waals surface area contributed by atoms with Crippen LogP contribution in [0, 0.1) is 11.8 Å². The van der Waals surface area contributed by atoms with Crippen LogP contribution in [-0.2, 0) is 9.59 Å². The number of carboxylic acids is 2. The summed E-state index contributed by atoms with van der Waals surface area (Å²) in [5, 5.41) is 15.5. The summed E-state index contributed by atoms with van der Waals surface area (Å²) >= 11 is 0. The molecule has 0 aliphatic heterocycles. The van der Waals surface area contributed by atoms with Gasteiger partial charge in [-0.05, 0) is 0 Å². The van der Waals surface area contributed by atoms with Crippen molar-refractivity contribution in [2.45, 2.75) is 0 Å². The van der Waals surface area contributed by atoms with E-state index >= 15 is 0 Å². The SMILES string of the molecule is O=C(O)C#CC(=O)O.[H-].[Li+]. The zero-order chi connectivity index (χ0) is 6.57. The number of carbonyl (C=O) groups is 2. The first-order chi connectivity index (χ1) is 3.63. The van der Waals surface area contributed by atoms with Gasteiger partial charge in [-0.2, -0.15) is 0 Å². The summed E-state index contributed by atoms with van der Waals surface area (Å²) in [5.41, 5.74) is 0. The molecular weight excluding hydrogens is 119 g/mol. The number of hydrogen-bond donors (Lipinski definition) is 2. The quantitative estimate of drug-likeness (QED) is 0.256. The summed E-state index contributed by atoms with van der Waals surface area (Å²) in [5.74, 6) is -0.0511. The molecule has 0 rings (SSSR count). The van der Waals surface area contributed by atoms with Gasteiger partial charge < -0.3 is 11.6 Å². The van der Waals surface area contributed by atoms with Crippen molar-refractivity contribution in [3.05, 3.63) is 0 Å². The monoisotopic (exact) mass is 122 g/mol. The molecule has 0 fully saturated rings. The third kappa shape index (κ3) is 11.0. The molecule has 0 spiro atoms. The second kappa shape index (κ2) is 5.24. The van der Waals surface area contributed by atoms with Crippen LogP contribution >= 0.6 is 0 Å². The van der Waals surface area contributed by atoms with Crippen LogP contribution in [0.1, 0.15) is 1.43 Å². The fraction of sp³-hybridized carbons (Fsp3) is 0. The Kier molecular flexibility index (Phi) is 6.39. The molecule has 0 bridgehead atoms. The van der Waals surface area contributed by atoms with Crippen LogP contribution in [0.15, 0.2) is 0 Å². The van der Waals surface area contributed by atoms with Gasteiger partial charge in [0.15, 0.2) is 0 Å². The average Bonchev–Trinajstić information content (AvgIpc) is 1.61. The molecule has 0 unspecified atom stereocenters. The van der Waals surface area contributed by atoms with E-state index in [0.29, 0.717) is 0 Å². The van der Waals surface area contributed by atoms with Crippen molar-refractivity contribution in [3.63, 3.8) is 0 Å². The summed E-state index contributed by atoms with van der Waals surface area (Å²) in [6, 6.07) is 0. The van der Waals surface area contributed by atoms with E-state index in [2.05, 4.69) is 0 Å². The van der Waals surface area contributed by atoms with Gasteiger partial charge in [0.1, 0.15) is 0 Å². The van der Waals surface area contributed by atoms with Gasteiger partial charge in [-0.15, -0.1) is 0 Å². The first kappa shape index (κ1) is 11.0. The number of aliphatic carboxylic acids is 2. The minimum Gasteiger partial charge on any atom is -1.00 e. The van der Waals surface area contributed by atoms with Gasteiger partial charge in [-0.25, -0.2) is 9.59 Å². The van der Waals surface area contributed by atoms with E-state index in [1.54, 1.807) is 0 Å². The van der Waals surface area contributed by atoms with Crippen molar-refractivity contribution in [3.8, 4) is 11.8 Å². The molecule has 0 radical (unpaired) electrons. The molecule has 44 valence electrons. The second-order valence-electron chi connectivity index (χ2n) is 0.860. The van der Waals surface area contributed by atoms with Gasteiger partial charge in [0.25, 0.3) is 0 Å². The molecule has 0 atom stereocenters. The molecule has 0 aromatic heterocycles. The average molecular weight is 122 g/mol. The van der Waals surface area contributed by atoms with E-state index in [4.69, 9.17) is 10.2 Å². The molecule has 2 N–H and O–H groups in total. The van der Waals surface area contributed by atoms with Crippen molar-refractivity contribution >= 4 is 11.9 Å². The maximum Gasteiger partial charge on any atom is 1.00 e. The Hall–Kier alpha value is -0.903. The summed E-state index contributed by atoms with van der Waals surface area (Å²) in [4.78, 5) is 18.9. The van der Waals surface area contributed by atoms with Crippen LogP contribution in [0.25, 0.3) is 0 Å². The molecule has 0 aliphatic rings. The third-order valence-corrected chi connectivity index (χ3v) is 0.276. The van der Waals surface area contributed by atoms with Crippen molar-refractivity contribution < 1.29 is 40.1 Å². The second-order valence-corrected chi connectivity index (χ2v) is 0.860. The van der Waals surface area contributed by atoms with Crippen LogP contribution in [0.2, 0.25) is 0 Å². The van der Waals surface area contributed by atoms with Gasteiger partial charge >= 0.3 is 30.8 Å². The van der Waals surface area contributed by atoms with E-state index in [0.717, 1.165) is 0 Å². The summed E-state index contributed by atoms with van der Waals surface area (Å²) in [6.07, 6.45) is 0. The summed E-state index contributed by atoms with van der Waals surface area (Å²) in [7, 11) is 0. The van der Waals surface area contributed by atoms with Gasteiger partial charge in [0.05, 0.1) is 0 Å². The molecule has 0 heterocycles. The molecule has 0 saturated carbocycles. The standard InChI is InChI=1S/C4H2O4.Li.H/c5-3(6)1-2-4(7)8;;/h(H,5,6)(H,7,8);;/q;+1;-1.